The van der Waals surface area contributed by atoms with Gasteiger partial charge in [-0.15, -0.1) is 0 Å². The Bertz CT molecular complexity index is 1280. The van der Waals surface area contributed by atoms with Crippen LogP contribution in [-0.2, 0) is 0 Å². The molecule has 0 spiro atoms. The Morgan fingerprint density at radius 2 is 1.78 bits per heavy atom. The number of non-ortho nitro benzene ring substituents is 1. The van der Waals surface area contributed by atoms with E-state index in [1.54, 1.807) is 18.2 Å². The minimum atomic E-state index is -0.527. The van der Waals surface area contributed by atoms with Crippen molar-refractivity contribution in [3.8, 4) is 17.2 Å². The minimum Gasteiger partial charge on any atom is -0.464 e. The molecule has 0 saturated carbocycles. The smallest absolute Gasteiger partial charge is 0.269 e. The Hall–Kier alpha value is -3.78. The van der Waals surface area contributed by atoms with E-state index in [1.165, 1.54) is 12.1 Å². The van der Waals surface area contributed by atoms with Crippen LogP contribution in [0.1, 0.15) is 35.4 Å². The summed E-state index contributed by atoms with van der Waals surface area (Å²) in [5.74, 6) is 2.14. The van der Waals surface area contributed by atoms with Gasteiger partial charge in [0.2, 0.25) is 13.0 Å². The molecule has 0 fully saturated rings. The summed E-state index contributed by atoms with van der Waals surface area (Å²) in [5.41, 5.74) is 3.58. The molecule has 0 bridgehead atoms. The molecule has 3 aromatic rings. The summed E-state index contributed by atoms with van der Waals surface area (Å²) in [6.45, 7) is 0.210. The first-order chi connectivity index (χ1) is 15.6. The summed E-state index contributed by atoms with van der Waals surface area (Å²) in [7, 11) is 0. The number of hydrazone groups is 1. The van der Waals surface area contributed by atoms with Gasteiger partial charge in [0.15, 0.2) is 11.5 Å². The standard InChI is InChI=1S/C23H16ClN3O5/c24-15-4-8-20-17(10-15)19-11-18(14-3-7-21-22(9-14)31-12-30-21)25-26(19)23(32-20)13-1-5-16(6-2-13)27(28)29/h1-10,19,23H,11-12H2/t19-,23+/m1/s1. The van der Waals surface area contributed by atoms with Crippen molar-refractivity contribution in [2.24, 2.45) is 5.10 Å². The van der Waals surface area contributed by atoms with Gasteiger partial charge in [-0.1, -0.05) is 11.6 Å². The van der Waals surface area contributed by atoms with Crippen molar-refractivity contribution < 1.29 is 19.1 Å². The third kappa shape index (κ3) is 3.03. The van der Waals surface area contributed by atoms with Crippen LogP contribution in [0.5, 0.6) is 17.2 Å². The molecule has 0 unspecified atom stereocenters. The van der Waals surface area contributed by atoms with E-state index in [2.05, 4.69) is 0 Å². The lowest BCUT2D eigenvalue weighted by Crippen LogP contribution is -2.33. The third-order valence-corrected chi connectivity index (χ3v) is 6.08. The first kappa shape index (κ1) is 18.9. The fourth-order valence-corrected chi connectivity index (χ4v) is 4.47. The van der Waals surface area contributed by atoms with Gasteiger partial charge >= 0.3 is 0 Å². The predicted molar refractivity (Wildman–Crippen MR) is 116 cm³/mol. The van der Waals surface area contributed by atoms with Gasteiger partial charge in [-0.25, -0.2) is 5.01 Å². The molecule has 3 heterocycles. The van der Waals surface area contributed by atoms with E-state index in [0.29, 0.717) is 22.9 Å². The van der Waals surface area contributed by atoms with Crippen LogP contribution >= 0.6 is 11.6 Å². The highest BCUT2D eigenvalue weighted by Crippen LogP contribution is 2.48. The van der Waals surface area contributed by atoms with Crippen LogP contribution in [-0.4, -0.2) is 22.4 Å². The number of rotatable bonds is 3. The molecule has 9 heteroatoms. The molecule has 0 radical (unpaired) electrons. The third-order valence-electron chi connectivity index (χ3n) is 5.85. The fraction of sp³-hybridized carbons (Fsp3) is 0.174. The number of hydrogen-bond donors (Lipinski definition) is 0. The second-order valence-corrected chi connectivity index (χ2v) is 8.15. The summed E-state index contributed by atoms with van der Waals surface area (Å²) in [6.07, 6.45) is 0.126. The Morgan fingerprint density at radius 1 is 1.00 bits per heavy atom. The molecule has 2 atom stereocenters. The molecule has 3 aliphatic rings. The second-order valence-electron chi connectivity index (χ2n) is 7.72. The van der Waals surface area contributed by atoms with Crippen LogP contribution in [0, 0.1) is 10.1 Å². The zero-order valence-electron chi connectivity index (χ0n) is 16.6. The maximum Gasteiger partial charge on any atom is 0.269 e. The minimum absolute atomic E-state index is 0.0271. The number of benzene rings is 3. The van der Waals surface area contributed by atoms with Crippen LogP contribution in [0.3, 0.4) is 0 Å². The van der Waals surface area contributed by atoms with Crippen molar-refractivity contribution >= 4 is 23.0 Å². The maximum atomic E-state index is 11.1. The van der Waals surface area contributed by atoms with Crippen molar-refractivity contribution in [3.05, 3.63) is 92.5 Å². The van der Waals surface area contributed by atoms with Crippen LogP contribution in [0.2, 0.25) is 5.02 Å². The van der Waals surface area contributed by atoms with Gasteiger partial charge in [-0.3, -0.25) is 10.1 Å². The molecule has 0 saturated heterocycles. The number of ether oxygens (including phenoxy) is 3. The number of nitro groups is 1. The first-order valence-electron chi connectivity index (χ1n) is 10.0. The summed E-state index contributed by atoms with van der Waals surface area (Å²) >= 11 is 6.28. The molecule has 160 valence electrons. The maximum absolute atomic E-state index is 11.1. The molecular formula is C23H16ClN3O5. The molecule has 3 aromatic carbocycles. The van der Waals surface area contributed by atoms with Crippen molar-refractivity contribution in [1.82, 2.24) is 5.01 Å². The predicted octanol–water partition coefficient (Wildman–Crippen LogP) is 5.22. The number of fused-ring (bicyclic) bond motifs is 4. The highest BCUT2D eigenvalue weighted by molar-refractivity contribution is 6.30. The molecule has 6 rings (SSSR count). The highest BCUT2D eigenvalue weighted by atomic mass is 35.5. The first-order valence-corrected chi connectivity index (χ1v) is 10.4. The Labute approximate surface area is 187 Å². The largest absolute Gasteiger partial charge is 0.464 e. The number of hydrogen-bond acceptors (Lipinski definition) is 7. The van der Waals surface area contributed by atoms with Gasteiger partial charge in [0.1, 0.15) is 5.75 Å². The van der Waals surface area contributed by atoms with Crippen LogP contribution < -0.4 is 14.2 Å². The van der Waals surface area contributed by atoms with E-state index in [0.717, 1.165) is 28.2 Å². The molecule has 0 aromatic heterocycles. The van der Waals surface area contributed by atoms with E-state index in [9.17, 15) is 10.1 Å². The van der Waals surface area contributed by atoms with Gasteiger partial charge in [-0.2, -0.15) is 5.10 Å². The zero-order chi connectivity index (χ0) is 21.8. The lowest BCUT2D eigenvalue weighted by Gasteiger charge is -2.38. The molecule has 0 N–H and O–H groups in total. The van der Waals surface area contributed by atoms with E-state index in [-0.39, 0.29) is 18.5 Å². The molecule has 8 nitrogen and oxygen atoms in total. The van der Waals surface area contributed by atoms with Crippen molar-refractivity contribution in [3.63, 3.8) is 0 Å². The van der Waals surface area contributed by atoms with Crippen LogP contribution in [0.4, 0.5) is 5.69 Å². The van der Waals surface area contributed by atoms with Gasteiger partial charge in [-0.05, 0) is 48.5 Å². The number of halogens is 1. The Balaban J connectivity index is 1.42. The van der Waals surface area contributed by atoms with Crippen molar-refractivity contribution in [2.45, 2.75) is 18.7 Å². The van der Waals surface area contributed by atoms with Crippen molar-refractivity contribution in [2.75, 3.05) is 6.79 Å². The molecular weight excluding hydrogens is 434 g/mol. The van der Waals surface area contributed by atoms with Gasteiger partial charge in [0.25, 0.3) is 5.69 Å². The number of nitro benzene ring substituents is 1. The molecule has 32 heavy (non-hydrogen) atoms. The lowest BCUT2D eigenvalue weighted by molar-refractivity contribution is -0.384. The summed E-state index contributed by atoms with van der Waals surface area (Å²) in [6, 6.07) is 17.6. The summed E-state index contributed by atoms with van der Waals surface area (Å²) in [5, 5.41) is 18.5. The van der Waals surface area contributed by atoms with E-state index in [1.807, 2.05) is 35.3 Å². The topological polar surface area (TPSA) is 86.4 Å². The SMILES string of the molecule is O=[N+]([O-])c1ccc([C@@H]2Oc3ccc(Cl)cc3[C@H]3CC(c4ccc5c(c4)OCO5)=NN32)cc1. The zero-order valence-corrected chi connectivity index (χ0v) is 17.4. The molecule has 3 aliphatic heterocycles. The van der Waals surface area contributed by atoms with E-state index in [4.69, 9.17) is 30.9 Å². The van der Waals surface area contributed by atoms with Gasteiger partial charge in [0, 0.05) is 40.3 Å². The average Bonchev–Trinajstić information content (AvgIpc) is 3.45. The summed E-state index contributed by atoms with van der Waals surface area (Å²) in [4.78, 5) is 10.6. The van der Waals surface area contributed by atoms with Gasteiger partial charge in [0.05, 0.1) is 16.7 Å². The van der Waals surface area contributed by atoms with Crippen LogP contribution in [0.25, 0.3) is 0 Å². The van der Waals surface area contributed by atoms with E-state index >= 15 is 0 Å². The quantitative estimate of drug-likeness (QED) is 0.402. The Morgan fingerprint density at radius 3 is 2.59 bits per heavy atom. The lowest BCUT2D eigenvalue weighted by atomic mass is 9.95. The fourth-order valence-electron chi connectivity index (χ4n) is 4.29. The van der Waals surface area contributed by atoms with Crippen LogP contribution in [0.15, 0.2) is 65.8 Å². The normalized spacial score (nSPS) is 20.3. The monoisotopic (exact) mass is 449 g/mol. The molecule has 0 aliphatic carbocycles. The highest BCUT2D eigenvalue weighted by Gasteiger charge is 2.41. The Kier molecular flexibility index (Phi) is 4.22. The second kappa shape index (κ2) is 7.13. The van der Waals surface area contributed by atoms with E-state index < -0.39 is 11.2 Å². The summed E-state index contributed by atoms with van der Waals surface area (Å²) < 4.78 is 17.2. The number of nitrogens with zero attached hydrogens (tertiary/aromatic N) is 3. The molecule has 0 amide bonds. The van der Waals surface area contributed by atoms with Gasteiger partial charge < -0.3 is 14.2 Å². The average molecular weight is 450 g/mol. The van der Waals surface area contributed by atoms with Crippen molar-refractivity contribution in [1.29, 1.82) is 0 Å².